The Kier molecular flexibility index (Phi) is 5.40. The Labute approximate surface area is 168 Å². The van der Waals surface area contributed by atoms with Gasteiger partial charge in [0.1, 0.15) is 17.2 Å². The molecule has 2 fully saturated rings. The van der Waals surface area contributed by atoms with E-state index in [-0.39, 0.29) is 23.0 Å². The predicted molar refractivity (Wildman–Crippen MR) is 109 cm³/mol. The van der Waals surface area contributed by atoms with E-state index in [9.17, 15) is 14.0 Å². The molecule has 28 heavy (non-hydrogen) atoms. The number of hydrogen-bond donors (Lipinski definition) is 0. The second-order valence-electron chi connectivity index (χ2n) is 7.37. The Hall–Kier alpha value is -2.34. The second kappa shape index (κ2) is 7.95. The van der Waals surface area contributed by atoms with E-state index in [1.165, 1.54) is 23.9 Å². The van der Waals surface area contributed by atoms with Crippen molar-refractivity contribution in [2.45, 2.75) is 31.2 Å². The number of hydrogen-bond acceptors (Lipinski definition) is 3. The number of halogens is 1. The number of carbonyl (C=O) groups excluding carboxylic acids is 2. The Bertz CT molecular complexity index is 880. The van der Waals surface area contributed by atoms with Crippen molar-refractivity contribution >= 4 is 23.6 Å². The Morgan fingerprint density at radius 2 is 1.79 bits per heavy atom. The van der Waals surface area contributed by atoms with Gasteiger partial charge in [0.25, 0.3) is 5.91 Å². The summed E-state index contributed by atoms with van der Waals surface area (Å²) >= 11 is 1.52. The molecule has 0 radical (unpaired) electrons. The summed E-state index contributed by atoms with van der Waals surface area (Å²) in [5, 5.41) is -0.374. The molecule has 0 aromatic heterocycles. The van der Waals surface area contributed by atoms with Crippen LogP contribution in [0.2, 0.25) is 0 Å². The number of likely N-dealkylation sites (tertiary alicyclic amines) is 1. The van der Waals surface area contributed by atoms with Crippen LogP contribution in [-0.4, -0.2) is 46.5 Å². The van der Waals surface area contributed by atoms with Crippen molar-refractivity contribution in [2.75, 3.05) is 18.8 Å². The molecule has 0 aliphatic carbocycles. The van der Waals surface area contributed by atoms with Crippen LogP contribution in [0.25, 0.3) is 0 Å². The van der Waals surface area contributed by atoms with Gasteiger partial charge < -0.3 is 9.80 Å². The minimum atomic E-state index is -0.523. The zero-order valence-corrected chi connectivity index (χ0v) is 16.6. The van der Waals surface area contributed by atoms with E-state index in [1.54, 1.807) is 23.1 Å². The largest absolute Gasteiger partial charge is 0.341 e. The zero-order chi connectivity index (χ0) is 19.7. The molecule has 4 rings (SSSR count). The molecule has 4 nitrogen and oxygen atoms in total. The molecule has 2 amide bonds. The normalized spacial score (nSPS) is 21.9. The maximum Gasteiger partial charge on any atom is 0.255 e. The molecular formula is C22H23FN2O2S. The standard InChI is InChI=1S/C22H23FN2O2S/c1-15-7-9-16(10-8-15)20(26)25-19(21(27)24-11-2-3-12-24)14-28-22(25)17-5-4-6-18(23)13-17/h4-10,13,19,22H,2-3,11-12,14H2,1H3. The molecule has 2 aliphatic heterocycles. The number of rotatable bonds is 3. The van der Waals surface area contributed by atoms with Crippen LogP contribution in [0.4, 0.5) is 4.39 Å². The highest BCUT2D eigenvalue weighted by Gasteiger charge is 2.44. The number of carbonyl (C=O) groups is 2. The van der Waals surface area contributed by atoms with Crippen molar-refractivity contribution in [1.82, 2.24) is 9.80 Å². The minimum Gasteiger partial charge on any atom is -0.341 e. The highest BCUT2D eigenvalue weighted by Crippen LogP contribution is 2.43. The van der Waals surface area contributed by atoms with Crippen molar-refractivity contribution in [3.05, 3.63) is 71.0 Å². The molecule has 146 valence electrons. The van der Waals surface area contributed by atoms with Gasteiger partial charge >= 0.3 is 0 Å². The third-order valence-electron chi connectivity index (χ3n) is 5.37. The number of nitrogens with zero attached hydrogens (tertiary/aromatic N) is 2. The highest BCUT2D eigenvalue weighted by atomic mass is 32.2. The summed E-state index contributed by atoms with van der Waals surface area (Å²) in [4.78, 5) is 30.1. The Balaban J connectivity index is 1.69. The monoisotopic (exact) mass is 398 g/mol. The fourth-order valence-electron chi connectivity index (χ4n) is 3.86. The van der Waals surface area contributed by atoms with Gasteiger partial charge in [-0.05, 0) is 49.6 Å². The lowest BCUT2D eigenvalue weighted by Crippen LogP contribution is -2.48. The second-order valence-corrected chi connectivity index (χ2v) is 8.48. The lowest BCUT2D eigenvalue weighted by molar-refractivity contribution is -0.134. The molecule has 0 saturated carbocycles. The summed E-state index contributed by atoms with van der Waals surface area (Å²) in [6.45, 7) is 3.46. The fraction of sp³-hybridized carbons (Fsp3) is 0.364. The first-order valence-corrected chi connectivity index (χ1v) is 10.6. The van der Waals surface area contributed by atoms with Crippen LogP contribution in [0, 0.1) is 12.7 Å². The summed E-state index contributed by atoms with van der Waals surface area (Å²) < 4.78 is 13.8. The molecule has 2 atom stereocenters. The number of benzene rings is 2. The predicted octanol–water partition coefficient (Wildman–Crippen LogP) is 4.01. The molecule has 0 spiro atoms. The minimum absolute atomic E-state index is 0.00404. The van der Waals surface area contributed by atoms with Crippen LogP contribution in [0.5, 0.6) is 0 Å². The van der Waals surface area contributed by atoms with Gasteiger partial charge in [-0.25, -0.2) is 4.39 Å². The molecule has 2 heterocycles. The molecule has 2 aromatic rings. The first-order chi connectivity index (χ1) is 13.5. The average Bonchev–Trinajstić information content (AvgIpc) is 3.37. The first kappa shape index (κ1) is 19.0. The van der Waals surface area contributed by atoms with Crippen molar-refractivity contribution in [3.63, 3.8) is 0 Å². The van der Waals surface area contributed by atoms with Gasteiger partial charge in [-0.2, -0.15) is 0 Å². The molecule has 6 heteroatoms. The quantitative estimate of drug-likeness (QED) is 0.784. The molecule has 0 bridgehead atoms. The van der Waals surface area contributed by atoms with Gasteiger partial charge in [-0.1, -0.05) is 29.8 Å². The topological polar surface area (TPSA) is 40.6 Å². The van der Waals surface area contributed by atoms with E-state index < -0.39 is 6.04 Å². The summed E-state index contributed by atoms with van der Waals surface area (Å²) in [5.74, 6) is 0.00465. The van der Waals surface area contributed by atoms with E-state index in [0.29, 0.717) is 16.9 Å². The zero-order valence-electron chi connectivity index (χ0n) is 15.8. The Morgan fingerprint density at radius 3 is 2.46 bits per heavy atom. The average molecular weight is 399 g/mol. The van der Waals surface area contributed by atoms with E-state index in [0.717, 1.165) is 31.5 Å². The molecule has 2 aromatic carbocycles. The SMILES string of the molecule is Cc1ccc(C(=O)N2C(C(=O)N3CCCC3)CSC2c2cccc(F)c2)cc1. The van der Waals surface area contributed by atoms with Crippen LogP contribution in [-0.2, 0) is 4.79 Å². The molecular weight excluding hydrogens is 375 g/mol. The van der Waals surface area contributed by atoms with Crippen molar-refractivity contribution in [3.8, 4) is 0 Å². The summed E-state index contributed by atoms with van der Waals surface area (Å²) in [6, 6.07) is 13.2. The summed E-state index contributed by atoms with van der Waals surface area (Å²) in [6.07, 6.45) is 2.01. The maximum atomic E-state index is 13.8. The van der Waals surface area contributed by atoms with E-state index in [1.807, 2.05) is 30.0 Å². The van der Waals surface area contributed by atoms with Crippen LogP contribution in [0.3, 0.4) is 0 Å². The van der Waals surface area contributed by atoms with Gasteiger partial charge in [0.15, 0.2) is 0 Å². The molecule has 2 unspecified atom stereocenters. The van der Waals surface area contributed by atoms with Crippen molar-refractivity contribution in [2.24, 2.45) is 0 Å². The lowest BCUT2D eigenvalue weighted by Gasteiger charge is -2.31. The molecule has 0 N–H and O–H groups in total. The van der Waals surface area contributed by atoms with Crippen molar-refractivity contribution < 1.29 is 14.0 Å². The third-order valence-corrected chi connectivity index (χ3v) is 6.69. The summed E-state index contributed by atoms with van der Waals surface area (Å²) in [7, 11) is 0. The summed E-state index contributed by atoms with van der Waals surface area (Å²) in [5.41, 5.74) is 2.33. The fourth-order valence-corrected chi connectivity index (χ4v) is 5.27. The molecule has 2 aliphatic rings. The maximum absolute atomic E-state index is 13.8. The lowest BCUT2D eigenvalue weighted by atomic mass is 10.1. The van der Waals surface area contributed by atoms with Crippen LogP contribution < -0.4 is 0 Å². The van der Waals surface area contributed by atoms with Gasteiger partial charge in [-0.3, -0.25) is 9.59 Å². The van der Waals surface area contributed by atoms with Gasteiger partial charge in [0.05, 0.1) is 0 Å². The van der Waals surface area contributed by atoms with Crippen molar-refractivity contribution in [1.29, 1.82) is 0 Å². The van der Waals surface area contributed by atoms with Gasteiger partial charge in [0, 0.05) is 24.4 Å². The van der Waals surface area contributed by atoms with Crippen LogP contribution in [0.1, 0.15) is 39.7 Å². The smallest absolute Gasteiger partial charge is 0.255 e. The third kappa shape index (κ3) is 3.65. The molecule has 2 saturated heterocycles. The van der Waals surface area contributed by atoms with Crippen LogP contribution >= 0.6 is 11.8 Å². The number of thioether (sulfide) groups is 1. The number of aryl methyl sites for hydroxylation is 1. The van der Waals surface area contributed by atoms with Gasteiger partial charge in [-0.15, -0.1) is 11.8 Å². The van der Waals surface area contributed by atoms with E-state index in [2.05, 4.69) is 0 Å². The first-order valence-electron chi connectivity index (χ1n) is 9.60. The van der Waals surface area contributed by atoms with E-state index >= 15 is 0 Å². The number of amides is 2. The van der Waals surface area contributed by atoms with Crippen LogP contribution in [0.15, 0.2) is 48.5 Å². The van der Waals surface area contributed by atoms with Gasteiger partial charge in [0.2, 0.25) is 5.91 Å². The van der Waals surface area contributed by atoms with E-state index in [4.69, 9.17) is 0 Å². The highest BCUT2D eigenvalue weighted by molar-refractivity contribution is 7.99. The Morgan fingerprint density at radius 1 is 1.07 bits per heavy atom.